The quantitative estimate of drug-likeness (QED) is 0.358. The van der Waals surface area contributed by atoms with Gasteiger partial charge in [-0.1, -0.05) is 0 Å². The molecule has 0 saturated heterocycles. The summed E-state index contributed by atoms with van der Waals surface area (Å²) in [7, 11) is 1.66. The van der Waals surface area contributed by atoms with Crippen molar-refractivity contribution in [2.75, 3.05) is 79.8 Å². The van der Waals surface area contributed by atoms with Gasteiger partial charge in [0.05, 0.1) is 52.9 Å². The summed E-state index contributed by atoms with van der Waals surface area (Å²) in [4.78, 5) is 0. The van der Waals surface area contributed by atoms with Crippen LogP contribution in [0, 0.1) is 0 Å². The van der Waals surface area contributed by atoms with E-state index in [1.165, 1.54) is 0 Å². The van der Waals surface area contributed by atoms with Crippen LogP contribution in [0.3, 0.4) is 0 Å². The van der Waals surface area contributed by atoms with Gasteiger partial charge < -0.3 is 28.4 Å². The molecule has 0 aliphatic carbocycles. The van der Waals surface area contributed by atoms with Crippen molar-refractivity contribution in [3.05, 3.63) is 0 Å². The second-order valence-corrected chi connectivity index (χ2v) is 4.35. The Morgan fingerprint density at radius 1 is 0.476 bits per heavy atom. The van der Waals surface area contributed by atoms with Crippen LogP contribution >= 0.6 is 0 Å². The predicted octanol–water partition coefficient (Wildman–Crippen LogP) is 1.52. The molecule has 0 rings (SSSR count). The minimum absolute atomic E-state index is 0.624. The monoisotopic (exact) mass is 308 g/mol. The molecule has 0 aromatic carbocycles. The maximum Gasteiger partial charge on any atom is 0.0701 e. The van der Waals surface area contributed by atoms with Crippen molar-refractivity contribution in [3.8, 4) is 0 Å². The molecule has 0 radical (unpaired) electrons. The largest absolute Gasteiger partial charge is 0.382 e. The predicted molar refractivity (Wildman–Crippen MR) is 80.9 cm³/mol. The fraction of sp³-hybridized carbons (Fsp3) is 1.00. The smallest absolute Gasteiger partial charge is 0.0701 e. The van der Waals surface area contributed by atoms with Crippen LogP contribution in [0.5, 0.6) is 0 Å². The van der Waals surface area contributed by atoms with Crippen LogP contribution < -0.4 is 0 Å². The molecule has 0 unspecified atom stereocenters. The molecule has 0 fully saturated rings. The Hall–Kier alpha value is -0.240. The van der Waals surface area contributed by atoms with Crippen LogP contribution in [-0.4, -0.2) is 79.8 Å². The third-order valence-electron chi connectivity index (χ3n) is 2.58. The molecule has 0 aliphatic heterocycles. The molecule has 0 N–H and O–H groups in total. The fourth-order valence-corrected chi connectivity index (χ4v) is 1.46. The van der Waals surface area contributed by atoms with Crippen LogP contribution in [0.15, 0.2) is 0 Å². The molecular weight excluding hydrogens is 276 g/mol. The molecule has 21 heavy (non-hydrogen) atoms. The van der Waals surface area contributed by atoms with E-state index in [-0.39, 0.29) is 0 Å². The van der Waals surface area contributed by atoms with E-state index in [4.69, 9.17) is 28.4 Å². The van der Waals surface area contributed by atoms with E-state index in [0.29, 0.717) is 52.9 Å². The Bertz CT molecular complexity index is 162. The number of hydrogen-bond acceptors (Lipinski definition) is 6. The summed E-state index contributed by atoms with van der Waals surface area (Å²) in [5, 5.41) is 0. The normalized spacial score (nSPS) is 11.1. The van der Waals surface area contributed by atoms with Gasteiger partial charge in [-0.3, -0.25) is 0 Å². The van der Waals surface area contributed by atoms with E-state index in [9.17, 15) is 0 Å². The van der Waals surface area contributed by atoms with E-state index in [1.54, 1.807) is 7.11 Å². The van der Waals surface area contributed by atoms with E-state index in [1.807, 2.05) is 6.92 Å². The second kappa shape index (κ2) is 19.8. The van der Waals surface area contributed by atoms with Gasteiger partial charge in [0, 0.05) is 26.9 Å². The molecule has 0 spiro atoms. The van der Waals surface area contributed by atoms with Crippen LogP contribution in [0.1, 0.15) is 19.8 Å². The molecule has 0 aliphatic rings. The van der Waals surface area contributed by atoms with Crippen molar-refractivity contribution in [3.63, 3.8) is 0 Å². The summed E-state index contributed by atoms with van der Waals surface area (Å²) in [5.74, 6) is 0. The van der Waals surface area contributed by atoms with Gasteiger partial charge in [0.2, 0.25) is 0 Å². The number of rotatable bonds is 18. The summed E-state index contributed by atoms with van der Waals surface area (Å²) in [6.07, 6.45) is 2.01. The maximum absolute atomic E-state index is 5.45. The van der Waals surface area contributed by atoms with Gasteiger partial charge in [-0.15, -0.1) is 0 Å². The van der Waals surface area contributed by atoms with E-state index < -0.39 is 0 Å². The number of unbranched alkanes of at least 4 members (excludes halogenated alkanes) is 1. The lowest BCUT2D eigenvalue weighted by molar-refractivity contribution is 0.0115. The van der Waals surface area contributed by atoms with Crippen molar-refractivity contribution in [2.24, 2.45) is 0 Å². The Labute approximate surface area is 129 Å². The SMILES string of the molecule is CCOCCOCCOCCCCOCCOCCOC. The third-order valence-corrected chi connectivity index (χ3v) is 2.58. The first-order chi connectivity index (χ1) is 10.4. The highest BCUT2D eigenvalue weighted by Crippen LogP contribution is 1.92. The molecule has 6 heteroatoms. The van der Waals surface area contributed by atoms with E-state index in [2.05, 4.69) is 0 Å². The lowest BCUT2D eigenvalue weighted by Gasteiger charge is -2.07. The lowest BCUT2D eigenvalue weighted by atomic mass is 10.3. The Morgan fingerprint density at radius 3 is 1.29 bits per heavy atom. The van der Waals surface area contributed by atoms with Crippen LogP contribution in [-0.2, 0) is 28.4 Å². The van der Waals surface area contributed by atoms with Gasteiger partial charge >= 0.3 is 0 Å². The summed E-state index contributed by atoms with van der Waals surface area (Å²) in [6, 6.07) is 0. The zero-order valence-electron chi connectivity index (χ0n) is 13.6. The third kappa shape index (κ3) is 19.8. The topological polar surface area (TPSA) is 55.4 Å². The highest BCUT2D eigenvalue weighted by atomic mass is 16.5. The highest BCUT2D eigenvalue weighted by Gasteiger charge is 1.93. The first-order valence-electron chi connectivity index (χ1n) is 7.79. The minimum atomic E-state index is 0.624. The molecule has 128 valence electrons. The van der Waals surface area contributed by atoms with Gasteiger partial charge in [0.15, 0.2) is 0 Å². The van der Waals surface area contributed by atoms with Crippen LogP contribution in [0.2, 0.25) is 0 Å². The molecule has 0 bridgehead atoms. The van der Waals surface area contributed by atoms with Crippen molar-refractivity contribution in [1.82, 2.24) is 0 Å². The van der Waals surface area contributed by atoms with Crippen molar-refractivity contribution in [2.45, 2.75) is 19.8 Å². The van der Waals surface area contributed by atoms with Crippen molar-refractivity contribution in [1.29, 1.82) is 0 Å². The van der Waals surface area contributed by atoms with Crippen LogP contribution in [0.4, 0.5) is 0 Å². The zero-order valence-corrected chi connectivity index (χ0v) is 13.6. The minimum Gasteiger partial charge on any atom is -0.382 e. The van der Waals surface area contributed by atoms with Gasteiger partial charge in [-0.05, 0) is 19.8 Å². The Morgan fingerprint density at radius 2 is 0.857 bits per heavy atom. The number of ether oxygens (including phenoxy) is 6. The molecular formula is C15H32O6. The van der Waals surface area contributed by atoms with Gasteiger partial charge in [-0.25, -0.2) is 0 Å². The fourth-order valence-electron chi connectivity index (χ4n) is 1.46. The summed E-state index contributed by atoms with van der Waals surface area (Å²) in [5.41, 5.74) is 0. The molecule has 6 nitrogen and oxygen atoms in total. The summed E-state index contributed by atoms with van der Waals surface area (Å²) in [6.45, 7) is 9.29. The maximum atomic E-state index is 5.45. The standard InChI is InChI=1S/C15H32O6/c1-3-17-10-11-21-15-13-19-7-5-4-6-18-12-14-20-9-8-16-2/h3-15H2,1-2H3. The van der Waals surface area contributed by atoms with Gasteiger partial charge in [0.25, 0.3) is 0 Å². The molecule has 0 amide bonds. The van der Waals surface area contributed by atoms with Crippen molar-refractivity contribution >= 4 is 0 Å². The highest BCUT2D eigenvalue weighted by molar-refractivity contribution is 4.40. The first kappa shape index (κ1) is 20.8. The Balaban J connectivity index is 2.90. The lowest BCUT2D eigenvalue weighted by Crippen LogP contribution is -2.10. The molecule has 0 aromatic rings. The Kier molecular flexibility index (Phi) is 19.5. The summed E-state index contributed by atoms with van der Waals surface area (Å²) >= 11 is 0. The van der Waals surface area contributed by atoms with E-state index >= 15 is 0 Å². The van der Waals surface area contributed by atoms with Crippen LogP contribution in [0.25, 0.3) is 0 Å². The van der Waals surface area contributed by atoms with E-state index in [0.717, 1.165) is 32.7 Å². The number of hydrogen-bond donors (Lipinski definition) is 0. The molecule has 0 saturated carbocycles. The zero-order chi connectivity index (χ0) is 15.4. The van der Waals surface area contributed by atoms with Crippen molar-refractivity contribution < 1.29 is 28.4 Å². The number of methoxy groups -OCH3 is 1. The molecule has 0 aromatic heterocycles. The van der Waals surface area contributed by atoms with Gasteiger partial charge in [-0.2, -0.15) is 0 Å². The van der Waals surface area contributed by atoms with Gasteiger partial charge in [0.1, 0.15) is 0 Å². The first-order valence-corrected chi connectivity index (χ1v) is 7.79. The molecule has 0 heterocycles. The average molecular weight is 308 g/mol. The average Bonchev–Trinajstić information content (AvgIpc) is 2.50. The molecule has 0 atom stereocenters. The second-order valence-electron chi connectivity index (χ2n) is 4.35. The summed E-state index contributed by atoms with van der Waals surface area (Å²) < 4.78 is 31.5.